The molecule has 1 atom stereocenters. The number of hydrogen-bond donors (Lipinski definition) is 2. The van der Waals surface area contributed by atoms with Crippen LogP contribution in [0.2, 0.25) is 0 Å². The molecule has 0 saturated carbocycles. The van der Waals surface area contributed by atoms with Crippen molar-refractivity contribution in [2.45, 2.75) is 12.5 Å². The molecule has 0 aromatic heterocycles. The molecule has 0 heterocycles. The lowest BCUT2D eigenvalue weighted by Gasteiger charge is -2.16. The molecule has 1 amide bonds. The summed E-state index contributed by atoms with van der Waals surface area (Å²) in [6.07, 6.45) is 5.30. The maximum atomic E-state index is 12.1. The molecule has 0 spiro atoms. The molecule has 0 aliphatic rings. The largest absolute Gasteiger partial charge is 0.364 e. The lowest BCUT2D eigenvalue weighted by atomic mass is 10.1. The van der Waals surface area contributed by atoms with Gasteiger partial charge in [-0.2, -0.15) is 0 Å². The number of benzene rings is 1. The van der Waals surface area contributed by atoms with E-state index in [1.165, 1.54) is 0 Å². The molecule has 108 valence electrons. The average molecular weight is 274 g/mol. The van der Waals surface area contributed by atoms with Crippen LogP contribution in [0.4, 0.5) is 0 Å². The number of hydrogen-bond acceptors (Lipinski definition) is 3. The normalized spacial score (nSPS) is 12.2. The fourth-order valence-electron chi connectivity index (χ4n) is 1.69. The first kappa shape index (κ1) is 16.1. The highest BCUT2D eigenvalue weighted by molar-refractivity contribution is 5.81. The fourth-order valence-corrected chi connectivity index (χ4v) is 1.69. The van der Waals surface area contributed by atoms with Gasteiger partial charge in [-0.05, 0) is 5.56 Å². The molecule has 0 bridgehead atoms. The van der Waals surface area contributed by atoms with Crippen molar-refractivity contribution in [3.05, 3.63) is 60.7 Å². The average Bonchev–Trinajstić information content (AvgIpc) is 2.48. The monoisotopic (exact) mass is 274 g/mol. The van der Waals surface area contributed by atoms with Crippen LogP contribution in [-0.4, -0.2) is 31.7 Å². The molecule has 4 heteroatoms. The fraction of sp³-hybridized carbons (Fsp3) is 0.312. The molecule has 3 N–H and O–H groups in total. The summed E-state index contributed by atoms with van der Waals surface area (Å²) in [4.78, 5) is 12.1. The van der Waals surface area contributed by atoms with Gasteiger partial charge in [0.1, 0.15) is 6.10 Å². The van der Waals surface area contributed by atoms with Crippen LogP contribution in [0, 0.1) is 0 Å². The first-order chi connectivity index (χ1) is 9.77. The van der Waals surface area contributed by atoms with Crippen molar-refractivity contribution >= 4 is 5.91 Å². The topological polar surface area (TPSA) is 64.3 Å². The van der Waals surface area contributed by atoms with Crippen LogP contribution < -0.4 is 11.1 Å². The van der Waals surface area contributed by atoms with E-state index in [0.29, 0.717) is 26.1 Å². The van der Waals surface area contributed by atoms with E-state index in [1.807, 2.05) is 36.4 Å². The SMILES string of the molecule is C=CCOC(Cc1ccccc1)C(=O)NC/C=C/CN. The zero-order chi connectivity index (χ0) is 14.6. The van der Waals surface area contributed by atoms with Crippen molar-refractivity contribution < 1.29 is 9.53 Å². The van der Waals surface area contributed by atoms with Crippen LogP contribution in [0.25, 0.3) is 0 Å². The third-order valence-electron chi connectivity index (χ3n) is 2.67. The second kappa shape index (κ2) is 9.95. The number of rotatable bonds is 9. The van der Waals surface area contributed by atoms with Gasteiger partial charge in [-0.15, -0.1) is 6.58 Å². The zero-order valence-electron chi connectivity index (χ0n) is 11.6. The predicted molar refractivity (Wildman–Crippen MR) is 81.3 cm³/mol. The minimum Gasteiger partial charge on any atom is -0.364 e. The number of carbonyl (C=O) groups excluding carboxylic acids is 1. The van der Waals surface area contributed by atoms with Crippen molar-refractivity contribution in [3.63, 3.8) is 0 Å². The Hall–Kier alpha value is -1.91. The molecular formula is C16H22N2O2. The van der Waals surface area contributed by atoms with Gasteiger partial charge in [0, 0.05) is 19.5 Å². The van der Waals surface area contributed by atoms with E-state index in [1.54, 1.807) is 12.2 Å². The molecule has 1 unspecified atom stereocenters. The van der Waals surface area contributed by atoms with Crippen LogP contribution in [0.15, 0.2) is 55.1 Å². The number of amides is 1. The van der Waals surface area contributed by atoms with Crippen molar-refractivity contribution in [3.8, 4) is 0 Å². The van der Waals surface area contributed by atoms with Gasteiger partial charge in [-0.25, -0.2) is 0 Å². The maximum absolute atomic E-state index is 12.1. The number of ether oxygens (including phenoxy) is 1. The summed E-state index contributed by atoms with van der Waals surface area (Å²) >= 11 is 0. The van der Waals surface area contributed by atoms with Crippen molar-refractivity contribution in [1.29, 1.82) is 0 Å². The number of nitrogens with two attached hydrogens (primary N) is 1. The molecule has 0 aliphatic carbocycles. The molecule has 1 rings (SSSR count). The maximum Gasteiger partial charge on any atom is 0.249 e. The Bertz CT molecular complexity index is 429. The molecule has 0 saturated heterocycles. The molecule has 1 aromatic carbocycles. The van der Waals surface area contributed by atoms with Crippen LogP contribution in [0.5, 0.6) is 0 Å². The molecule has 0 fully saturated rings. The standard InChI is InChI=1S/C16H22N2O2/c1-2-12-20-15(13-14-8-4-3-5-9-14)16(19)18-11-7-6-10-17/h2-9,15H,1,10-13,17H2,(H,18,19)/b7-6+. The van der Waals surface area contributed by atoms with Gasteiger partial charge in [-0.1, -0.05) is 48.6 Å². The van der Waals surface area contributed by atoms with E-state index in [4.69, 9.17) is 10.5 Å². The van der Waals surface area contributed by atoms with E-state index in [9.17, 15) is 4.79 Å². The second-order valence-corrected chi connectivity index (χ2v) is 4.25. The third kappa shape index (κ3) is 6.31. The molecular weight excluding hydrogens is 252 g/mol. The van der Waals surface area contributed by atoms with Crippen molar-refractivity contribution in [2.24, 2.45) is 5.73 Å². The summed E-state index contributed by atoms with van der Waals surface area (Å²) < 4.78 is 5.54. The third-order valence-corrected chi connectivity index (χ3v) is 2.67. The second-order valence-electron chi connectivity index (χ2n) is 4.25. The molecule has 1 aromatic rings. The van der Waals surface area contributed by atoms with Gasteiger partial charge >= 0.3 is 0 Å². The lowest BCUT2D eigenvalue weighted by molar-refractivity contribution is -0.131. The highest BCUT2D eigenvalue weighted by Gasteiger charge is 2.18. The van der Waals surface area contributed by atoms with Crippen LogP contribution in [0.3, 0.4) is 0 Å². The van der Waals surface area contributed by atoms with Crippen molar-refractivity contribution in [1.82, 2.24) is 5.32 Å². The highest BCUT2D eigenvalue weighted by Crippen LogP contribution is 2.06. The van der Waals surface area contributed by atoms with Gasteiger partial charge < -0.3 is 15.8 Å². The van der Waals surface area contributed by atoms with Crippen LogP contribution in [-0.2, 0) is 16.0 Å². The predicted octanol–water partition coefficient (Wildman–Crippen LogP) is 1.43. The summed E-state index contributed by atoms with van der Waals surface area (Å²) in [5.41, 5.74) is 6.40. The zero-order valence-corrected chi connectivity index (χ0v) is 11.6. The summed E-state index contributed by atoms with van der Waals surface area (Å²) in [6.45, 7) is 4.88. The van der Waals surface area contributed by atoms with Gasteiger partial charge in [0.25, 0.3) is 0 Å². The van der Waals surface area contributed by atoms with Crippen LogP contribution >= 0.6 is 0 Å². The molecule has 20 heavy (non-hydrogen) atoms. The van der Waals surface area contributed by atoms with Gasteiger partial charge in [0.2, 0.25) is 5.91 Å². The quantitative estimate of drug-likeness (QED) is 0.670. The Kier molecular flexibility index (Phi) is 8.03. The van der Waals surface area contributed by atoms with E-state index in [2.05, 4.69) is 11.9 Å². The number of carbonyl (C=O) groups is 1. The Balaban J connectivity index is 2.56. The minimum absolute atomic E-state index is 0.127. The minimum atomic E-state index is -0.512. The van der Waals surface area contributed by atoms with Gasteiger partial charge in [0.15, 0.2) is 0 Å². The summed E-state index contributed by atoms with van der Waals surface area (Å²) in [6, 6.07) is 9.79. The Morgan fingerprint density at radius 3 is 2.75 bits per heavy atom. The van der Waals surface area contributed by atoms with Gasteiger partial charge in [0.05, 0.1) is 6.61 Å². The Labute approximate surface area is 120 Å². The first-order valence-corrected chi connectivity index (χ1v) is 6.67. The smallest absolute Gasteiger partial charge is 0.249 e. The molecule has 0 radical (unpaired) electrons. The van der Waals surface area contributed by atoms with Crippen molar-refractivity contribution in [2.75, 3.05) is 19.7 Å². The summed E-state index contributed by atoms with van der Waals surface area (Å²) in [5, 5.41) is 2.81. The number of nitrogens with one attached hydrogen (secondary N) is 1. The van der Waals surface area contributed by atoms with Crippen LogP contribution in [0.1, 0.15) is 5.56 Å². The van der Waals surface area contributed by atoms with E-state index < -0.39 is 6.10 Å². The summed E-state index contributed by atoms with van der Waals surface area (Å²) in [7, 11) is 0. The summed E-state index contributed by atoms with van der Waals surface area (Å²) in [5.74, 6) is -0.127. The van der Waals surface area contributed by atoms with E-state index in [0.717, 1.165) is 5.56 Å². The highest BCUT2D eigenvalue weighted by atomic mass is 16.5. The molecule has 0 aliphatic heterocycles. The lowest BCUT2D eigenvalue weighted by Crippen LogP contribution is -2.38. The van der Waals surface area contributed by atoms with E-state index in [-0.39, 0.29) is 5.91 Å². The van der Waals surface area contributed by atoms with Gasteiger partial charge in [-0.3, -0.25) is 4.79 Å². The Morgan fingerprint density at radius 1 is 1.35 bits per heavy atom. The van der Waals surface area contributed by atoms with E-state index >= 15 is 0 Å². The Morgan fingerprint density at radius 2 is 2.10 bits per heavy atom. The molecule has 4 nitrogen and oxygen atoms in total. The first-order valence-electron chi connectivity index (χ1n) is 6.67.